The smallest absolute Gasteiger partial charge is 0.229 e. The number of anilines is 1. The molecule has 1 aliphatic heterocycles. The summed E-state index contributed by atoms with van der Waals surface area (Å²) in [7, 11) is 3.48. The summed E-state index contributed by atoms with van der Waals surface area (Å²) in [4.78, 5) is 14.2. The van der Waals surface area contributed by atoms with Gasteiger partial charge in [0.25, 0.3) is 0 Å². The van der Waals surface area contributed by atoms with Crippen LogP contribution in [0.4, 0.5) is 5.69 Å². The lowest BCUT2D eigenvalue weighted by molar-refractivity contribution is -0.123. The quantitative estimate of drug-likeness (QED) is 0.906. The number of hydrogen-bond donors (Lipinski definition) is 1. The van der Waals surface area contributed by atoms with E-state index in [-0.39, 0.29) is 11.8 Å². The van der Waals surface area contributed by atoms with Crippen molar-refractivity contribution in [2.45, 2.75) is 25.8 Å². The molecule has 1 amide bonds. The van der Waals surface area contributed by atoms with E-state index in [0.29, 0.717) is 6.04 Å². The zero-order valence-electron chi connectivity index (χ0n) is 11.8. The van der Waals surface area contributed by atoms with E-state index in [1.807, 2.05) is 31.3 Å². The molecule has 2 atom stereocenters. The number of amides is 1. The molecule has 19 heavy (non-hydrogen) atoms. The largest absolute Gasteiger partial charge is 0.497 e. The van der Waals surface area contributed by atoms with Gasteiger partial charge in [-0.2, -0.15) is 0 Å². The molecule has 2 unspecified atom stereocenters. The molecule has 0 bridgehead atoms. The normalized spacial score (nSPS) is 22.9. The Morgan fingerprint density at radius 2 is 2.05 bits per heavy atom. The van der Waals surface area contributed by atoms with Crippen LogP contribution >= 0.6 is 0 Å². The number of ether oxygens (including phenoxy) is 1. The van der Waals surface area contributed by atoms with Crippen molar-refractivity contribution in [3.8, 4) is 5.75 Å². The van der Waals surface area contributed by atoms with Crippen molar-refractivity contribution in [1.82, 2.24) is 5.32 Å². The van der Waals surface area contributed by atoms with E-state index in [0.717, 1.165) is 30.8 Å². The van der Waals surface area contributed by atoms with Crippen LogP contribution in [0.3, 0.4) is 0 Å². The number of benzene rings is 1. The molecule has 0 spiro atoms. The Morgan fingerprint density at radius 3 is 2.63 bits per heavy atom. The Morgan fingerprint density at radius 1 is 1.37 bits per heavy atom. The van der Waals surface area contributed by atoms with Crippen LogP contribution in [0, 0.1) is 5.92 Å². The lowest BCUT2D eigenvalue weighted by Gasteiger charge is -2.30. The third kappa shape index (κ3) is 3.26. The van der Waals surface area contributed by atoms with Gasteiger partial charge in [0, 0.05) is 24.7 Å². The monoisotopic (exact) mass is 262 g/mol. The van der Waals surface area contributed by atoms with Gasteiger partial charge < -0.3 is 15.0 Å². The lowest BCUT2D eigenvalue weighted by Crippen LogP contribution is -2.43. The molecule has 104 valence electrons. The van der Waals surface area contributed by atoms with Crippen molar-refractivity contribution < 1.29 is 9.53 Å². The maximum atomic E-state index is 12.5. The summed E-state index contributed by atoms with van der Waals surface area (Å²) in [5.74, 6) is 1.14. The van der Waals surface area contributed by atoms with Crippen LogP contribution in [-0.4, -0.2) is 32.7 Å². The molecule has 4 nitrogen and oxygen atoms in total. The minimum atomic E-state index is 0.128. The summed E-state index contributed by atoms with van der Waals surface area (Å²) in [6, 6.07) is 8.02. The fourth-order valence-corrected chi connectivity index (χ4v) is 2.56. The number of nitrogens with zero attached hydrogens (tertiary/aromatic N) is 1. The van der Waals surface area contributed by atoms with Crippen LogP contribution in [0.2, 0.25) is 0 Å². The van der Waals surface area contributed by atoms with Crippen LogP contribution in [0.5, 0.6) is 5.75 Å². The van der Waals surface area contributed by atoms with Gasteiger partial charge in [-0.25, -0.2) is 0 Å². The number of hydrogen-bond acceptors (Lipinski definition) is 3. The van der Waals surface area contributed by atoms with Crippen molar-refractivity contribution >= 4 is 11.6 Å². The zero-order valence-corrected chi connectivity index (χ0v) is 11.8. The summed E-state index contributed by atoms with van der Waals surface area (Å²) in [6.45, 7) is 3.06. The Kier molecular flexibility index (Phi) is 4.43. The van der Waals surface area contributed by atoms with Gasteiger partial charge in [-0.15, -0.1) is 0 Å². The van der Waals surface area contributed by atoms with E-state index < -0.39 is 0 Å². The number of methoxy groups -OCH3 is 1. The van der Waals surface area contributed by atoms with Crippen molar-refractivity contribution in [2.24, 2.45) is 5.92 Å². The molecule has 1 saturated heterocycles. The zero-order chi connectivity index (χ0) is 13.8. The van der Waals surface area contributed by atoms with Gasteiger partial charge in [-0.1, -0.05) is 0 Å². The Bertz CT molecular complexity index is 430. The Labute approximate surface area is 114 Å². The summed E-state index contributed by atoms with van der Waals surface area (Å²) >= 11 is 0. The first-order valence-corrected chi connectivity index (χ1v) is 6.77. The van der Waals surface area contributed by atoms with Crippen molar-refractivity contribution in [3.05, 3.63) is 24.3 Å². The molecule has 1 N–H and O–H groups in total. The number of carbonyl (C=O) groups is 1. The first kappa shape index (κ1) is 13.9. The molecule has 4 heteroatoms. The van der Waals surface area contributed by atoms with Gasteiger partial charge in [0.15, 0.2) is 0 Å². The second-order valence-corrected chi connectivity index (χ2v) is 5.17. The minimum absolute atomic E-state index is 0.128. The second kappa shape index (κ2) is 6.06. The molecular formula is C15H22N2O2. The van der Waals surface area contributed by atoms with E-state index in [1.54, 1.807) is 12.0 Å². The van der Waals surface area contributed by atoms with E-state index in [4.69, 9.17) is 4.74 Å². The minimum Gasteiger partial charge on any atom is -0.497 e. The van der Waals surface area contributed by atoms with Crippen molar-refractivity contribution in [1.29, 1.82) is 0 Å². The van der Waals surface area contributed by atoms with Gasteiger partial charge in [0.05, 0.1) is 7.11 Å². The standard InChI is InChI=1S/C15H22N2O2/c1-11-10-12(8-9-16-11)15(18)17(2)13-4-6-14(19-3)7-5-13/h4-7,11-12,16H,8-10H2,1-3H3. The lowest BCUT2D eigenvalue weighted by atomic mass is 9.92. The number of nitrogens with one attached hydrogen (secondary N) is 1. The number of carbonyl (C=O) groups excluding carboxylic acids is 1. The van der Waals surface area contributed by atoms with Crippen LogP contribution in [0.25, 0.3) is 0 Å². The maximum absolute atomic E-state index is 12.5. The van der Waals surface area contributed by atoms with Gasteiger partial charge >= 0.3 is 0 Å². The summed E-state index contributed by atoms with van der Waals surface area (Å²) in [5, 5.41) is 3.37. The molecule has 0 aromatic heterocycles. The van der Waals surface area contributed by atoms with Crippen molar-refractivity contribution in [2.75, 3.05) is 25.6 Å². The highest BCUT2D eigenvalue weighted by molar-refractivity contribution is 5.94. The predicted molar refractivity (Wildman–Crippen MR) is 76.6 cm³/mol. The van der Waals surface area contributed by atoms with Crippen LogP contribution < -0.4 is 15.0 Å². The van der Waals surface area contributed by atoms with E-state index >= 15 is 0 Å². The van der Waals surface area contributed by atoms with E-state index in [2.05, 4.69) is 12.2 Å². The van der Waals surface area contributed by atoms with Crippen molar-refractivity contribution in [3.63, 3.8) is 0 Å². The summed E-state index contributed by atoms with van der Waals surface area (Å²) < 4.78 is 5.13. The maximum Gasteiger partial charge on any atom is 0.229 e. The predicted octanol–water partition coefficient (Wildman–Crippen LogP) is 2.05. The Balaban J connectivity index is 2.05. The number of rotatable bonds is 3. The van der Waals surface area contributed by atoms with Gasteiger partial charge in [0.2, 0.25) is 5.91 Å². The average Bonchev–Trinajstić information content (AvgIpc) is 2.46. The third-order valence-electron chi connectivity index (χ3n) is 3.76. The molecule has 0 saturated carbocycles. The molecule has 1 heterocycles. The topological polar surface area (TPSA) is 41.6 Å². The summed E-state index contributed by atoms with van der Waals surface area (Å²) in [6.07, 6.45) is 1.84. The van der Waals surface area contributed by atoms with Crippen LogP contribution in [0.15, 0.2) is 24.3 Å². The molecule has 1 aliphatic rings. The van der Waals surface area contributed by atoms with E-state index in [9.17, 15) is 4.79 Å². The average molecular weight is 262 g/mol. The number of piperidine rings is 1. The molecule has 1 aromatic carbocycles. The van der Waals surface area contributed by atoms with Gasteiger partial charge in [0.1, 0.15) is 5.75 Å². The molecule has 0 aliphatic carbocycles. The first-order valence-electron chi connectivity index (χ1n) is 6.77. The summed E-state index contributed by atoms with van der Waals surface area (Å²) in [5.41, 5.74) is 0.914. The van der Waals surface area contributed by atoms with Gasteiger partial charge in [-0.05, 0) is 50.6 Å². The van der Waals surface area contributed by atoms with Crippen LogP contribution in [-0.2, 0) is 4.79 Å². The Hall–Kier alpha value is -1.55. The first-order chi connectivity index (χ1) is 9.11. The highest BCUT2D eigenvalue weighted by Gasteiger charge is 2.27. The molecular weight excluding hydrogens is 240 g/mol. The highest BCUT2D eigenvalue weighted by Crippen LogP contribution is 2.23. The van der Waals surface area contributed by atoms with Gasteiger partial charge in [-0.3, -0.25) is 4.79 Å². The SMILES string of the molecule is COc1ccc(N(C)C(=O)C2CCNC(C)C2)cc1. The van der Waals surface area contributed by atoms with E-state index in [1.165, 1.54) is 0 Å². The molecule has 1 fully saturated rings. The molecule has 1 aromatic rings. The second-order valence-electron chi connectivity index (χ2n) is 5.17. The van der Waals surface area contributed by atoms with Crippen LogP contribution in [0.1, 0.15) is 19.8 Å². The third-order valence-corrected chi connectivity index (χ3v) is 3.76. The fraction of sp³-hybridized carbons (Fsp3) is 0.533. The fourth-order valence-electron chi connectivity index (χ4n) is 2.56. The molecule has 2 rings (SSSR count). The molecule has 0 radical (unpaired) electrons. The highest BCUT2D eigenvalue weighted by atomic mass is 16.5.